The van der Waals surface area contributed by atoms with Gasteiger partial charge in [-0.3, -0.25) is 14.4 Å². The van der Waals surface area contributed by atoms with Gasteiger partial charge >= 0.3 is 17.9 Å². The number of aliphatic hydroxyl groups is 1. The summed E-state index contributed by atoms with van der Waals surface area (Å²) in [7, 11) is 0. The van der Waals surface area contributed by atoms with Gasteiger partial charge in [0.25, 0.3) is 0 Å². The zero-order valence-corrected chi connectivity index (χ0v) is 17.8. The largest absolute Gasteiger partial charge is 0.465 e. The van der Waals surface area contributed by atoms with Gasteiger partial charge in [-0.2, -0.15) is 0 Å². The molecule has 0 aromatic rings. The van der Waals surface area contributed by atoms with Crippen LogP contribution in [0.1, 0.15) is 41.0 Å². The summed E-state index contributed by atoms with van der Waals surface area (Å²) < 4.78 is 28.9. The molecule has 30 heavy (non-hydrogen) atoms. The lowest BCUT2D eigenvalue weighted by Gasteiger charge is -2.58. The van der Waals surface area contributed by atoms with E-state index in [1.807, 2.05) is 19.9 Å². The van der Waals surface area contributed by atoms with E-state index in [1.54, 1.807) is 0 Å². The first-order valence-electron chi connectivity index (χ1n) is 10.1. The van der Waals surface area contributed by atoms with Crippen molar-refractivity contribution in [3.05, 3.63) is 11.6 Å². The molecule has 8 unspecified atom stereocenters. The van der Waals surface area contributed by atoms with Crippen LogP contribution in [-0.2, 0) is 38.1 Å². The number of rotatable bonds is 4. The molecule has 4 rings (SSSR count). The summed E-state index contributed by atoms with van der Waals surface area (Å²) >= 11 is 0. The number of ether oxygens (including phenoxy) is 5. The third-order valence-electron chi connectivity index (χ3n) is 7.46. The average molecular weight is 424 g/mol. The van der Waals surface area contributed by atoms with Crippen LogP contribution in [0.2, 0.25) is 0 Å². The number of aliphatic hydroxyl groups excluding tert-OH is 1. The molecule has 4 aliphatic rings. The molecule has 3 fully saturated rings. The number of esters is 3. The third-order valence-corrected chi connectivity index (χ3v) is 7.46. The fourth-order valence-electron chi connectivity index (χ4n) is 5.92. The van der Waals surface area contributed by atoms with Crippen LogP contribution in [0.4, 0.5) is 0 Å². The first-order valence-corrected chi connectivity index (χ1v) is 10.1. The Morgan fingerprint density at radius 1 is 1.17 bits per heavy atom. The van der Waals surface area contributed by atoms with Crippen LogP contribution in [0, 0.1) is 10.8 Å². The Balaban J connectivity index is 1.87. The molecule has 2 heterocycles. The number of carbonyl (C=O) groups is 3. The predicted octanol–water partition coefficient (Wildman–Crippen LogP) is 0.667. The van der Waals surface area contributed by atoms with E-state index >= 15 is 0 Å². The molecule has 9 heteroatoms. The molecule has 2 aliphatic heterocycles. The van der Waals surface area contributed by atoms with E-state index in [9.17, 15) is 19.5 Å². The van der Waals surface area contributed by atoms with E-state index in [0.29, 0.717) is 6.61 Å². The van der Waals surface area contributed by atoms with Crippen LogP contribution in [0.5, 0.6) is 0 Å². The number of fused-ring (bicyclic) bond motifs is 2. The molecule has 1 spiro atoms. The number of epoxide rings is 1. The highest BCUT2D eigenvalue weighted by molar-refractivity contribution is 5.67. The summed E-state index contributed by atoms with van der Waals surface area (Å²) in [6.07, 6.45) is -1.75. The molecule has 1 saturated carbocycles. The van der Waals surface area contributed by atoms with Gasteiger partial charge in [0.2, 0.25) is 0 Å². The van der Waals surface area contributed by atoms with E-state index in [-0.39, 0.29) is 13.0 Å². The van der Waals surface area contributed by atoms with Crippen molar-refractivity contribution >= 4 is 17.9 Å². The predicted molar refractivity (Wildman–Crippen MR) is 100 cm³/mol. The molecular formula is C21H28O9. The van der Waals surface area contributed by atoms with Crippen molar-refractivity contribution in [1.82, 2.24) is 0 Å². The van der Waals surface area contributed by atoms with E-state index < -0.39 is 64.9 Å². The average Bonchev–Trinajstić information content (AvgIpc) is 3.42. The quantitative estimate of drug-likeness (QED) is 0.300. The lowest BCUT2D eigenvalue weighted by molar-refractivity contribution is -0.241. The van der Waals surface area contributed by atoms with Crippen LogP contribution >= 0.6 is 0 Å². The second kappa shape index (κ2) is 6.77. The molecular weight excluding hydrogens is 396 g/mol. The maximum atomic E-state index is 11.9. The molecule has 8 atom stereocenters. The second-order valence-electron chi connectivity index (χ2n) is 9.03. The Kier molecular flexibility index (Phi) is 4.80. The monoisotopic (exact) mass is 424 g/mol. The highest BCUT2D eigenvalue weighted by Crippen LogP contribution is 2.72. The van der Waals surface area contributed by atoms with Crippen LogP contribution < -0.4 is 0 Å². The maximum absolute atomic E-state index is 11.9. The van der Waals surface area contributed by atoms with Gasteiger partial charge in [-0.05, 0) is 12.5 Å². The standard InChI is InChI=1S/C21H28O9/c1-10-6-15-20(8-26-11(2)22,7-14(10)28-12(3)23)19(5)17(29-13(4)24)16(25)18(30-15)21(19)9-27-21/h6,14-18,25H,7-9H2,1-5H3. The SMILES string of the molecule is CC(=O)OCC12CC(OC(C)=O)C(C)=CC1OC1C(O)C(OC(C)=O)C2(C)C12CO2. The number of carbonyl (C=O) groups excluding carboxylic acids is 3. The minimum absolute atomic E-state index is 0.0621. The van der Waals surface area contributed by atoms with Crippen LogP contribution in [0.25, 0.3) is 0 Å². The van der Waals surface area contributed by atoms with Crippen molar-refractivity contribution in [3.63, 3.8) is 0 Å². The topological polar surface area (TPSA) is 121 Å². The molecule has 0 aromatic heterocycles. The van der Waals surface area contributed by atoms with Crippen molar-refractivity contribution in [2.24, 2.45) is 10.8 Å². The van der Waals surface area contributed by atoms with Crippen molar-refractivity contribution in [2.75, 3.05) is 13.2 Å². The molecule has 2 bridgehead atoms. The van der Waals surface area contributed by atoms with Gasteiger partial charge in [0.15, 0.2) is 0 Å². The maximum Gasteiger partial charge on any atom is 0.303 e. The number of hydrogen-bond donors (Lipinski definition) is 1. The van der Waals surface area contributed by atoms with E-state index in [1.165, 1.54) is 20.8 Å². The summed E-state index contributed by atoms with van der Waals surface area (Å²) in [5.74, 6) is -1.45. The summed E-state index contributed by atoms with van der Waals surface area (Å²) in [6, 6.07) is 0. The normalized spacial score (nSPS) is 45.9. The first-order chi connectivity index (χ1) is 14.0. The highest BCUT2D eigenvalue weighted by atomic mass is 16.7. The minimum Gasteiger partial charge on any atom is -0.465 e. The van der Waals surface area contributed by atoms with E-state index in [0.717, 1.165) is 5.57 Å². The highest BCUT2D eigenvalue weighted by Gasteiger charge is 2.86. The zero-order valence-electron chi connectivity index (χ0n) is 17.8. The fraction of sp³-hybridized carbons (Fsp3) is 0.762. The van der Waals surface area contributed by atoms with Crippen molar-refractivity contribution in [2.45, 2.75) is 77.2 Å². The van der Waals surface area contributed by atoms with Crippen molar-refractivity contribution in [3.8, 4) is 0 Å². The molecule has 1 N–H and O–H groups in total. The lowest BCUT2D eigenvalue weighted by Crippen LogP contribution is -2.68. The molecule has 0 radical (unpaired) electrons. The van der Waals surface area contributed by atoms with Gasteiger partial charge < -0.3 is 28.8 Å². The van der Waals surface area contributed by atoms with Crippen LogP contribution in [-0.4, -0.2) is 72.3 Å². The van der Waals surface area contributed by atoms with Gasteiger partial charge in [0, 0.05) is 27.2 Å². The summed E-state index contributed by atoms with van der Waals surface area (Å²) in [6.45, 7) is 7.91. The van der Waals surface area contributed by atoms with Gasteiger partial charge in [0.05, 0.1) is 23.5 Å². The van der Waals surface area contributed by atoms with Crippen molar-refractivity contribution in [1.29, 1.82) is 0 Å². The Morgan fingerprint density at radius 2 is 1.80 bits per heavy atom. The zero-order chi connectivity index (χ0) is 22.1. The smallest absolute Gasteiger partial charge is 0.303 e. The van der Waals surface area contributed by atoms with Gasteiger partial charge in [-0.25, -0.2) is 0 Å². The Bertz CT molecular complexity index is 815. The first kappa shape index (κ1) is 21.3. The molecule has 9 nitrogen and oxygen atoms in total. The van der Waals surface area contributed by atoms with E-state index in [2.05, 4.69) is 0 Å². The number of hydrogen-bond acceptors (Lipinski definition) is 9. The van der Waals surface area contributed by atoms with Gasteiger partial charge in [0.1, 0.15) is 36.6 Å². The van der Waals surface area contributed by atoms with Crippen molar-refractivity contribution < 1.29 is 43.2 Å². The molecule has 2 saturated heterocycles. The second-order valence-corrected chi connectivity index (χ2v) is 9.03. The summed E-state index contributed by atoms with van der Waals surface area (Å²) in [5, 5.41) is 11.1. The van der Waals surface area contributed by atoms with E-state index in [4.69, 9.17) is 23.7 Å². The van der Waals surface area contributed by atoms with Gasteiger partial charge in [-0.1, -0.05) is 13.0 Å². The van der Waals surface area contributed by atoms with Crippen LogP contribution in [0.15, 0.2) is 11.6 Å². The molecule has 166 valence electrons. The minimum atomic E-state index is -1.11. The fourth-order valence-corrected chi connectivity index (χ4v) is 5.92. The lowest BCUT2D eigenvalue weighted by atomic mass is 9.51. The Hall–Kier alpha value is -1.97. The Morgan fingerprint density at radius 3 is 2.33 bits per heavy atom. The Labute approximate surface area is 174 Å². The third kappa shape index (κ3) is 2.68. The van der Waals surface area contributed by atoms with Crippen LogP contribution in [0.3, 0.4) is 0 Å². The van der Waals surface area contributed by atoms with Gasteiger partial charge in [-0.15, -0.1) is 0 Å². The summed E-state index contributed by atoms with van der Waals surface area (Å²) in [5.41, 5.74) is -1.99. The molecule has 2 aliphatic carbocycles. The molecule has 0 aromatic carbocycles. The molecule has 0 amide bonds. The summed E-state index contributed by atoms with van der Waals surface area (Å²) in [4.78, 5) is 35.4.